The van der Waals surface area contributed by atoms with Crippen molar-refractivity contribution in [1.82, 2.24) is 0 Å². The van der Waals surface area contributed by atoms with Crippen LogP contribution in [0.25, 0.3) is 5.76 Å². The van der Waals surface area contributed by atoms with E-state index in [0.29, 0.717) is 17.1 Å². The minimum Gasteiger partial charge on any atom is -0.485 e. The van der Waals surface area contributed by atoms with Gasteiger partial charge >= 0.3 is 5.97 Å². The molecule has 0 aliphatic carbocycles. The van der Waals surface area contributed by atoms with Crippen molar-refractivity contribution in [3.05, 3.63) is 34.9 Å². The molecule has 2 atom stereocenters. The number of Topliss-reactive ketones (excluding diaryl/α,β-unsaturated/α-hetero) is 1. The fourth-order valence-electron chi connectivity index (χ4n) is 3.77. The van der Waals surface area contributed by atoms with E-state index in [1.807, 2.05) is 12.1 Å². The van der Waals surface area contributed by atoms with Crippen LogP contribution in [0.1, 0.15) is 76.8 Å². The van der Waals surface area contributed by atoms with Crippen molar-refractivity contribution in [2.24, 2.45) is 5.92 Å². The summed E-state index contributed by atoms with van der Waals surface area (Å²) >= 11 is 0. The standard InChI is InChI=1S/C23H30O4/c1-4-6-8-9-10-16-12-13-18-17(14-16)22-20(19(26-18)11-7-5-2)21(24)15(3)23(25)27-22/h12-15,19H,4-11H2,1-3H3. The summed E-state index contributed by atoms with van der Waals surface area (Å²) in [6, 6.07) is 6.08. The molecule has 0 amide bonds. The van der Waals surface area contributed by atoms with Crippen LogP contribution in [0.3, 0.4) is 0 Å². The highest BCUT2D eigenvalue weighted by molar-refractivity contribution is 6.16. The average Bonchev–Trinajstić information content (AvgIpc) is 2.67. The molecule has 0 saturated carbocycles. The molecule has 0 radical (unpaired) electrons. The zero-order chi connectivity index (χ0) is 19.4. The zero-order valence-electron chi connectivity index (χ0n) is 16.7. The molecule has 0 bridgehead atoms. The lowest BCUT2D eigenvalue weighted by Gasteiger charge is -2.34. The Balaban J connectivity index is 1.93. The van der Waals surface area contributed by atoms with Gasteiger partial charge in [0.25, 0.3) is 0 Å². The van der Waals surface area contributed by atoms with Gasteiger partial charge in [0.1, 0.15) is 17.8 Å². The fourth-order valence-corrected chi connectivity index (χ4v) is 3.77. The van der Waals surface area contributed by atoms with Crippen LogP contribution in [-0.4, -0.2) is 17.9 Å². The van der Waals surface area contributed by atoms with E-state index in [1.54, 1.807) is 6.92 Å². The molecule has 2 unspecified atom stereocenters. The molecule has 3 rings (SSSR count). The normalized spacial score (nSPS) is 21.4. The highest BCUT2D eigenvalue weighted by Crippen LogP contribution is 2.42. The molecule has 0 saturated heterocycles. The lowest BCUT2D eigenvalue weighted by atomic mass is 9.86. The Labute approximate surface area is 161 Å². The minimum atomic E-state index is -0.754. The molecule has 2 heterocycles. The van der Waals surface area contributed by atoms with Gasteiger partial charge in [0.05, 0.1) is 11.1 Å². The first-order chi connectivity index (χ1) is 13.1. The summed E-state index contributed by atoms with van der Waals surface area (Å²) in [7, 11) is 0. The Morgan fingerprint density at radius 1 is 1.00 bits per heavy atom. The van der Waals surface area contributed by atoms with E-state index < -0.39 is 11.9 Å². The maximum atomic E-state index is 12.8. The summed E-state index contributed by atoms with van der Waals surface area (Å²) in [5.41, 5.74) is 2.49. The summed E-state index contributed by atoms with van der Waals surface area (Å²) in [5.74, 6) is -0.228. The summed E-state index contributed by atoms with van der Waals surface area (Å²) in [6.45, 7) is 5.93. The van der Waals surface area contributed by atoms with Gasteiger partial charge in [-0.05, 0) is 50.3 Å². The zero-order valence-corrected chi connectivity index (χ0v) is 16.7. The highest BCUT2D eigenvalue weighted by atomic mass is 16.5. The Kier molecular flexibility index (Phi) is 6.35. The van der Waals surface area contributed by atoms with Crippen LogP contribution in [0, 0.1) is 5.92 Å². The number of carbonyl (C=O) groups is 2. The summed E-state index contributed by atoms with van der Waals surface area (Å²) in [6.07, 6.45) is 8.19. The van der Waals surface area contributed by atoms with Crippen molar-refractivity contribution in [3.8, 4) is 5.75 Å². The molecule has 1 aromatic rings. The second-order valence-electron chi connectivity index (χ2n) is 7.64. The molecular weight excluding hydrogens is 340 g/mol. The number of hydrogen-bond acceptors (Lipinski definition) is 4. The average molecular weight is 370 g/mol. The van der Waals surface area contributed by atoms with Gasteiger partial charge in [0.2, 0.25) is 0 Å². The second kappa shape index (κ2) is 8.73. The van der Waals surface area contributed by atoms with Crippen molar-refractivity contribution < 1.29 is 19.1 Å². The van der Waals surface area contributed by atoms with Crippen molar-refractivity contribution in [2.75, 3.05) is 0 Å². The Hall–Kier alpha value is -2.10. The Bertz CT molecular complexity index is 747. The quantitative estimate of drug-likeness (QED) is 0.357. The molecule has 27 heavy (non-hydrogen) atoms. The third kappa shape index (κ3) is 4.10. The number of aryl methyl sites for hydroxylation is 1. The SMILES string of the molecule is CCCCCCc1ccc2c(c1)C1=C(C(=O)C(C)C(=O)O1)C(CCCC)O2. The number of benzene rings is 1. The number of unbranched alkanes of at least 4 members (excludes halogenated alkanes) is 4. The molecule has 146 valence electrons. The lowest BCUT2D eigenvalue weighted by molar-refractivity contribution is -0.146. The predicted octanol–water partition coefficient (Wildman–Crippen LogP) is 5.23. The third-order valence-electron chi connectivity index (χ3n) is 5.48. The topological polar surface area (TPSA) is 52.6 Å². The van der Waals surface area contributed by atoms with Gasteiger partial charge in [-0.15, -0.1) is 0 Å². The molecule has 0 spiro atoms. The first-order valence-corrected chi connectivity index (χ1v) is 10.4. The van der Waals surface area contributed by atoms with Crippen LogP contribution in [0.2, 0.25) is 0 Å². The van der Waals surface area contributed by atoms with E-state index in [4.69, 9.17) is 9.47 Å². The van der Waals surface area contributed by atoms with Gasteiger partial charge in [-0.3, -0.25) is 9.59 Å². The molecule has 0 aromatic heterocycles. The number of ketones is 1. The van der Waals surface area contributed by atoms with Gasteiger partial charge in [-0.1, -0.05) is 45.6 Å². The largest absolute Gasteiger partial charge is 0.485 e. The number of fused-ring (bicyclic) bond motifs is 2. The molecule has 2 aliphatic heterocycles. The number of ether oxygens (including phenoxy) is 2. The smallest absolute Gasteiger partial charge is 0.321 e. The van der Waals surface area contributed by atoms with Gasteiger partial charge in [0.15, 0.2) is 11.5 Å². The van der Waals surface area contributed by atoms with Crippen LogP contribution in [0.15, 0.2) is 23.8 Å². The van der Waals surface area contributed by atoms with Crippen molar-refractivity contribution in [3.63, 3.8) is 0 Å². The number of esters is 1. The highest BCUT2D eigenvalue weighted by Gasteiger charge is 2.43. The van der Waals surface area contributed by atoms with E-state index in [1.165, 1.54) is 24.8 Å². The van der Waals surface area contributed by atoms with E-state index in [2.05, 4.69) is 19.9 Å². The third-order valence-corrected chi connectivity index (χ3v) is 5.48. The van der Waals surface area contributed by atoms with Gasteiger partial charge < -0.3 is 9.47 Å². The van der Waals surface area contributed by atoms with Gasteiger partial charge in [-0.2, -0.15) is 0 Å². The van der Waals surface area contributed by atoms with Crippen molar-refractivity contribution in [1.29, 1.82) is 0 Å². The Morgan fingerprint density at radius 3 is 2.52 bits per heavy atom. The van der Waals surface area contributed by atoms with E-state index in [-0.39, 0.29) is 11.9 Å². The minimum absolute atomic E-state index is 0.152. The summed E-state index contributed by atoms with van der Waals surface area (Å²) in [5, 5.41) is 0. The van der Waals surface area contributed by atoms with Crippen LogP contribution < -0.4 is 4.74 Å². The maximum Gasteiger partial charge on any atom is 0.321 e. The number of carbonyl (C=O) groups excluding carboxylic acids is 2. The van der Waals surface area contributed by atoms with E-state index >= 15 is 0 Å². The lowest BCUT2D eigenvalue weighted by Crippen LogP contribution is -2.39. The molecular formula is C23H30O4. The van der Waals surface area contributed by atoms with Crippen molar-refractivity contribution in [2.45, 2.75) is 78.2 Å². The number of rotatable bonds is 8. The first kappa shape index (κ1) is 19.7. The molecule has 0 fully saturated rings. The van der Waals surface area contributed by atoms with Gasteiger partial charge in [0, 0.05) is 0 Å². The summed E-state index contributed by atoms with van der Waals surface area (Å²) < 4.78 is 11.8. The predicted molar refractivity (Wildman–Crippen MR) is 105 cm³/mol. The molecule has 2 aliphatic rings. The molecule has 4 nitrogen and oxygen atoms in total. The molecule has 1 aromatic carbocycles. The van der Waals surface area contributed by atoms with E-state index in [9.17, 15) is 9.59 Å². The number of hydrogen-bond donors (Lipinski definition) is 0. The maximum absolute atomic E-state index is 12.8. The van der Waals surface area contributed by atoms with Crippen LogP contribution in [0.4, 0.5) is 0 Å². The molecule has 0 N–H and O–H groups in total. The molecule has 4 heteroatoms. The first-order valence-electron chi connectivity index (χ1n) is 10.4. The monoisotopic (exact) mass is 370 g/mol. The van der Waals surface area contributed by atoms with Crippen LogP contribution in [0.5, 0.6) is 5.75 Å². The second-order valence-corrected chi connectivity index (χ2v) is 7.64. The van der Waals surface area contributed by atoms with E-state index in [0.717, 1.165) is 37.7 Å². The van der Waals surface area contributed by atoms with Crippen molar-refractivity contribution >= 4 is 17.5 Å². The van der Waals surface area contributed by atoms with Crippen LogP contribution >= 0.6 is 0 Å². The van der Waals surface area contributed by atoms with Gasteiger partial charge in [-0.25, -0.2) is 0 Å². The Morgan fingerprint density at radius 2 is 1.78 bits per heavy atom. The summed E-state index contributed by atoms with van der Waals surface area (Å²) in [4.78, 5) is 25.0. The fraction of sp³-hybridized carbons (Fsp3) is 0.565. The van der Waals surface area contributed by atoms with Crippen LogP contribution in [-0.2, 0) is 20.7 Å².